The fraction of sp³-hybridized carbons (Fsp3) is 0.583. The minimum absolute atomic E-state index is 0.161. The maximum atomic E-state index is 12.5. The Labute approximate surface area is 115 Å². The van der Waals surface area contributed by atoms with Crippen LogP contribution in [0.2, 0.25) is 0 Å². The lowest BCUT2D eigenvalue weighted by atomic mass is 9.90. The predicted octanol–water partition coefficient (Wildman–Crippen LogP) is -0.434. The molecular weight excluding hydrogens is 262 g/mol. The first-order valence-electron chi connectivity index (χ1n) is 6.61. The van der Waals surface area contributed by atoms with E-state index in [0.29, 0.717) is 38.4 Å². The second kappa shape index (κ2) is 4.78. The second-order valence-electron chi connectivity index (χ2n) is 5.09. The smallest absolute Gasteiger partial charge is 0.325 e. The van der Waals surface area contributed by atoms with E-state index < -0.39 is 5.54 Å². The van der Waals surface area contributed by atoms with Gasteiger partial charge in [-0.1, -0.05) is 0 Å². The van der Waals surface area contributed by atoms with Crippen LogP contribution in [-0.2, 0) is 16.1 Å². The Morgan fingerprint density at radius 2 is 2.10 bits per heavy atom. The third-order valence-corrected chi connectivity index (χ3v) is 3.81. The second-order valence-corrected chi connectivity index (χ2v) is 5.09. The third kappa shape index (κ3) is 2.11. The molecule has 0 radical (unpaired) electrons. The number of hydrogen-bond acceptors (Lipinski definition) is 5. The molecule has 0 saturated carbocycles. The van der Waals surface area contributed by atoms with Crippen LogP contribution in [0, 0.1) is 0 Å². The molecular formula is C12H17N5O3. The number of carbonyl (C=O) groups excluding carboxylic acids is 2. The molecule has 0 bridgehead atoms. The van der Waals surface area contributed by atoms with E-state index in [1.54, 1.807) is 16.9 Å². The normalized spacial score (nSPS) is 21.5. The number of nitrogens with two attached hydrogens (primary N) is 1. The highest BCUT2D eigenvalue weighted by atomic mass is 16.5. The molecule has 1 aromatic rings. The van der Waals surface area contributed by atoms with Crippen LogP contribution in [-0.4, -0.2) is 51.9 Å². The van der Waals surface area contributed by atoms with Gasteiger partial charge in [0.05, 0.1) is 13.1 Å². The Balaban J connectivity index is 1.67. The Bertz CT molecular complexity index is 535. The van der Waals surface area contributed by atoms with Gasteiger partial charge in [0.2, 0.25) is 0 Å². The quantitative estimate of drug-likeness (QED) is 0.731. The van der Waals surface area contributed by atoms with Crippen LogP contribution in [0.5, 0.6) is 0 Å². The molecule has 0 aliphatic carbocycles. The number of amides is 3. The minimum atomic E-state index is -0.765. The summed E-state index contributed by atoms with van der Waals surface area (Å²) in [4.78, 5) is 25.7. The molecule has 0 unspecified atom stereocenters. The van der Waals surface area contributed by atoms with Gasteiger partial charge in [-0.05, 0) is 6.07 Å². The number of nitrogen functional groups attached to an aromatic ring is 1. The van der Waals surface area contributed by atoms with Crippen LogP contribution in [0.4, 0.5) is 10.6 Å². The molecule has 2 fully saturated rings. The van der Waals surface area contributed by atoms with Crippen molar-refractivity contribution in [2.75, 3.05) is 25.5 Å². The summed E-state index contributed by atoms with van der Waals surface area (Å²) in [5, 5.41) is 6.84. The van der Waals surface area contributed by atoms with Crippen LogP contribution in [0.1, 0.15) is 12.8 Å². The first kappa shape index (κ1) is 12.9. The minimum Gasteiger partial charge on any atom is -0.382 e. The van der Waals surface area contributed by atoms with E-state index >= 15 is 0 Å². The average molecular weight is 279 g/mol. The summed E-state index contributed by atoms with van der Waals surface area (Å²) >= 11 is 0. The van der Waals surface area contributed by atoms with E-state index in [2.05, 4.69) is 10.4 Å². The first-order chi connectivity index (χ1) is 9.61. The standard InChI is InChI=1S/C12H17N5O3/c13-9-1-4-16(15-9)5-6-17-10(18)12(14-11(17)19)2-7-20-8-3-12/h1,4H,2-3,5-8H2,(H2,13,15)(H,14,19). The molecule has 20 heavy (non-hydrogen) atoms. The molecule has 3 N–H and O–H groups in total. The fourth-order valence-electron chi connectivity index (χ4n) is 2.64. The maximum absolute atomic E-state index is 12.5. The molecule has 2 aliphatic rings. The van der Waals surface area contributed by atoms with E-state index in [0.717, 1.165) is 0 Å². The fourth-order valence-corrected chi connectivity index (χ4v) is 2.64. The molecule has 1 spiro atoms. The summed E-state index contributed by atoms with van der Waals surface area (Å²) in [5.41, 5.74) is 4.76. The van der Waals surface area contributed by atoms with E-state index in [1.165, 1.54) is 4.90 Å². The number of urea groups is 1. The van der Waals surface area contributed by atoms with E-state index in [-0.39, 0.29) is 18.5 Å². The van der Waals surface area contributed by atoms with Gasteiger partial charge in [0.1, 0.15) is 11.4 Å². The number of ether oxygens (including phenoxy) is 1. The number of anilines is 1. The maximum Gasteiger partial charge on any atom is 0.325 e. The lowest BCUT2D eigenvalue weighted by Gasteiger charge is -2.30. The zero-order valence-corrected chi connectivity index (χ0v) is 11.0. The van der Waals surface area contributed by atoms with Crippen LogP contribution in [0.25, 0.3) is 0 Å². The Morgan fingerprint density at radius 1 is 1.35 bits per heavy atom. The van der Waals surface area contributed by atoms with Crippen molar-refractivity contribution in [2.24, 2.45) is 0 Å². The van der Waals surface area contributed by atoms with Gasteiger partial charge in [-0.2, -0.15) is 5.10 Å². The highest BCUT2D eigenvalue weighted by Gasteiger charge is 2.51. The molecule has 108 valence electrons. The third-order valence-electron chi connectivity index (χ3n) is 3.81. The van der Waals surface area contributed by atoms with Crippen molar-refractivity contribution in [3.63, 3.8) is 0 Å². The van der Waals surface area contributed by atoms with Gasteiger partial charge in [-0.3, -0.25) is 14.4 Å². The molecule has 8 nitrogen and oxygen atoms in total. The number of carbonyl (C=O) groups is 2. The first-order valence-corrected chi connectivity index (χ1v) is 6.61. The molecule has 0 atom stereocenters. The number of hydrogen-bond donors (Lipinski definition) is 2. The Morgan fingerprint density at radius 3 is 2.75 bits per heavy atom. The molecule has 8 heteroatoms. The Kier molecular flexibility index (Phi) is 3.09. The van der Waals surface area contributed by atoms with Crippen molar-refractivity contribution < 1.29 is 14.3 Å². The lowest BCUT2D eigenvalue weighted by Crippen LogP contribution is -2.51. The van der Waals surface area contributed by atoms with Crippen LogP contribution >= 0.6 is 0 Å². The summed E-state index contributed by atoms with van der Waals surface area (Å²) in [6, 6.07) is 1.34. The molecule has 0 aromatic carbocycles. The van der Waals surface area contributed by atoms with E-state index in [4.69, 9.17) is 10.5 Å². The van der Waals surface area contributed by atoms with Crippen molar-refractivity contribution in [3.05, 3.63) is 12.3 Å². The molecule has 3 rings (SSSR count). The predicted molar refractivity (Wildman–Crippen MR) is 69.7 cm³/mol. The SMILES string of the molecule is Nc1ccn(CCN2C(=O)NC3(CCOCC3)C2=O)n1. The van der Waals surface area contributed by atoms with Crippen molar-refractivity contribution in [1.29, 1.82) is 0 Å². The summed E-state index contributed by atoms with van der Waals surface area (Å²) in [5.74, 6) is 0.258. The number of rotatable bonds is 3. The van der Waals surface area contributed by atoms with Gasteiger partial charge in [0, 0.05) is 32.3 Å². The van der Waals surface area contributed by atoms with Gasteiger partial charge in [-0.15, -0.1) is 0 Å². The van der Waals surface area contributed by atoms with Gasteiger partial charge >= 0.3 is 6.03 Å². The van der Waals surface area contributed by atoms with E-state index in [9.17, 15) is 9.59 Å². The van der Waals surface area contributed by atoms with Crippen molar-refractivity contribution in [2.45, 2.75) is 24.9 Å². The zero-order valence-electron chi connectivity index (χ0n) is 11.0. The van der Waals surface area contributed by atoms with Crippen molar-refractivity contribution >= 4 is 17.8 Å². The topological polar surface area (TPSA) is 102 Å². The van der Waals surface area contributed by atoms with Crippen LogP contribution in [0.3, 0.4) is 0 Å². The van der Waals surface area contributed by atoms with Crippen LogP contribution in [0.15, 0.2) is 12.3 Å². The Hall–Kier alpha value is -2.09. The number of imide groups is 1. The summed E-state index contributed by atoms with van der Waals surface area (Å²) in [6.45, 7) is 1.71. The van der Waals surface area contributed by atoms with Gasteiger partial charge in [0.15, 0.2) is 0 Å². The highest BCUT2D eigenvalue weighted by molar-refractivity contribution is 6.07. The van der Waals surface area contributed by atoms with Crippen molar-refractivity contribution in [1.82, 2.24) is 20.0 Å². The lowest BCUT2D eigenvalue weighted by molar-refractivity contribution is -0.134. The molecule has 3 amide bonds. The highest BCUT2D eigenvalue weighted by Crippen LogP contribution is 2.28. The summed E-state index contributed by atoms with van der Waals surface area (Å²) in [7, 11) is 0. The van der Waals surface area contributed by atoms with Gasteiger partial charge in [0.25, 0.3) is 5.91 Å². The average Bonchev–Trinajstić information content (AvgIpc) is 2.93. The van der Waals surface area contributed by atoms with Gasteiger partial charge in [-0.25, -0.2) is 4.79 Å². The number of nitrogens with one attached hydrogen (secondary N) is 1. The number of nitrogens with zero attached hydrogens (tertiary/aromatic N) is 3. The largest absolute Gasteiger partial charge is 0.382 e. The van der Waals surface area contributed by atoms with E-state index in [1.807, 2.05) is 0 Å². The summed E-state index contributed by atoms with van der Waals surface area (Å²) in [6.07, 6.45) is 2.78. The molecule has 3 heterocycles. The number of aromatic nitrogens is 2. The summed E-state index contributed by atoms with van der Waals surface area (Å²) < 4.78 is 6.87. The molecule has 2 aliphatic heterocycles. The van der Waals surface area contributed by atoms with Crippen LogP contribution < -0.4 is 11.1 Å². The monoisotopic (exact) mass is 279 g/mol. The van der Waals surface area contributed by atoms with Gasteiger partial charge < -0.3 is 15.8 Å². The molecule has 1 aromatic heterocycles. The zero-order chi connectivity index (χ0) is 14.2. The van der Waals surface area contributed by atoms with Crippen molar-refractivity contribution in [3.8, 4) is 0 Å². The molecule has 2 saturated heterocycles.